The fraction of sp³-hybridized carbons (Fsp3) is 0.167. The Labute approximate surface area is 96.6 Å². The molecule has 2 heterocycles. The Morgan fingerprint density at radius 3 is 3.12 bits per heavy atom. The molecule has 0 fully saturated rings. The second kappa shape index (κ2) is 3.62. The standard InChI is InChI=1S/C12H9NO4/c14-12(15)9-6-13-17-11(9)8-1-2-10-7(5-8)3-4-16-10/h1-2,5-6H,3-4H2,(H,14,15). The van der Waals surface area contributed by atoms with Gasteiger partial charge in [-0.25, -0.2) is 4.79 Å². The van der Waals surface area contributed by atoms with Crippen LogP contribution in [0.1, 0.15) is 15.9 Å². The summed E-state index contributed by atoms with van der Waals surface area (Å²) in [5, 5.41) is 12.5. The summed E-state index contributed by atoms with van der Waals surface area (Å²) < 4.78 is 10.4. The number of ether oxygens (including phenoxy) is 1. The third kappa shape index (κ3) is 1.56. The number of aromatic nitrogens is 1. The lowest BCUT2D eigenvalue weighted by atomic mass is 10.0. The SMILES string of the molecule is O=C(O)c1cnoc1-c1ccc2c(c1)CCO2. The minimum Gasteiger partial charge on any atom is -0.493 e. The third-order valence-corrected chi connectivity index (χ3v) is 2.75. The second-order valence-electron chi connectivity index (χ2n) is 3.79. The monoisotopic (exact) mass is 231 g/mol. The molecule has 0 saturated carbocycles. The first-order chi connectivity index (χ1) is 8.25. The van der Waals surface area contributed by atoms with E-state index in [0.717, 1.165) is 17.7 Å². The molecule has 0 amide bonds. The van der Waals surface area contributed by atoms with Crippen LogP contribution in [0.5, 0.6) is 5.75 Å². The first kappa shape index (κ1) is 9.89. The van der Waals surface area contributed by atoms with Gasteiger partial charge in [0.25, 0.3) is 0 Å². The average Bonchev–Trinajstić information content (AvgIpc) is 2.96. The van der Waals surface area contributed by atoms with E-state index in [1.165, 1.54) is 6.20 Å². The van der Waals surface area contributed by atoms with Gasteiger partial charge in [-0.2, -0.15) is 0 Å². The number of benzene rings is 1. The molecule has 1 N–H and O–H groups in total. The molecule has 1 aliphatic heterocycles. The molecule has 5 heteroatoms. The lowest BCUT2D eigenvalue weighted by Crippen LogP contribution is -1.96. The number of carbonyl (C=O) groups is 1. The second-order valence-corrected chi connectivity index (χ2v) is 3.79. The molecule has 0 radical (unpaired) electrons. The summed E-state index contributed by atoms with van der Waals surface area (Å²) in [5.41, 5.74) is 1.85. The Morgan fingerprint density at radius 1 is 1.41 bits per heavy atom. The van der Waals surface area contributed by atoms with Crippen molar-refractivity contribution in [1.29, 1.82) is 0 Å². The molecule has 3 rings (SSSR count). The highest BCUT2D eigenvalue weighted by Crippen LogP contribution is 2.31. The molecule has 0 bridgehead atoms. The van der Waals surface area contributed by atoms with Crippen molar-refractivity contribution in [2.24, 2.45) is 0 Å². The Kier molecular flexibility index (Phi) is 2.11. The van der Waals surface area contributed by atoms with Crippen LogP contribution in [0.15, 0.2) is 28.9 Å². The van der Waals surface area contributed by atoms with Crippen molar-refractivity contribution in [1.82, 2.24) is 5.16 Å². The van der Waals surface area contributed by atoms with Gasteiger partial charge in [0.1, 0.15) is 11.3 Å². The van der Waals surface area contributed by atoms with Crippen molar-refractivity contribution < 1.29 is 19.2 Å². The number of aromatic carboxylic acids is 1. The minimum atomic E-state index is -1.04. The van der Waals surface area contributed by atoms with E-state index in [9.17, 15) is 4.79 Å². The molecule has 1 aliphatic rings. The fourth-order valence-electron chi connectivity index (χ4n) is 1.93. The maximum absolute atomic E-state index is 11.0. The molecule has 2 aromatic rings. The van der Waals surface area contributed by atoms with Gasteiger partial charge in [0.15, 0.2) is 5.76 Å². The number of nitrogens with zero attached hydrogens (tertiary/aromatic N) is 1. The van der Waals surface area contributed by atoms with Crippen LogP contribution in [0.3, 0.4) is 0 Å². The maximum Gasteiger partial charge on any atom is 0.341 e. The number of hydrogen-bond donors (Lipinski definition) is 1. The van der Waals surface area contributed by atoms with E-state index in [-0.39, 0.29) is 11.3 Å². The molecule has 86 valence electrons. The van der Waals surface area contributed by atoms with E-state index in [4.69, 9.17) is 14.4 Å². The molecule has 1 aromatic heterocycles. The lowest BCUT2D eigenvalue weighted by Gasteiger charge is -2.01. The van der Waals surface area contributed by atoms with E-state index < -0.39 is 5.97 Å². The van der Waals surface area contributed by atoms with Crippen molar-refractivity contribution in [2.75, 3.05) is 6.61 Å². The highest BCUT2D eigenvalue weighted by atomic mass is 16.5. The number of hydrogen-bond acceptors (Lipinski definition) is 4. The van der Waals surface area contributed by atoms with Crippen LogP contribution in [0.2, 0.25) is 0 Å². The zero-order valence-electron chi connectivity index (χ0n) is 8.84. The summed E-state index contributed by atoms with van der Waals surface area (Å²) in [7, 11) is 0. The normalized spacial score (nSPS) is 13.2. The van der Waals surface area contributed by atoms with Crippen LogP contribution in [-0.2, 0) is 6.42 Å². The number of carboxylic acids is 1. The summed E-state index contributed by atoms with van der Waals surface area (Å²) >= 11 is 0. The topological polar surface area (TPSA) is 72.6 Å². The largest absolute Gasteiger partial charge is 0.493 e. The highest BCUT2D eigenvalue weighted by Gasteiger charge is 2.19. The van der Waals surface area contributed by atoms with Gasteiger partial charge in [-0.1, -0.05) is 5.16 Å². The van der Waals surface area contributed by atoms with Gasteiger partial charge in [-0.3, -0.25) is 0 Å². The molecular weight excluding hydrogens is 222 g/mol. The van der Waals surface area contributed by atoms with Gasteiger partial charge in [0.2, 0.25) is 0 Å². The van der Waals surface area contributed by atoms with Gasteiger partial charge >= 0.3 is 5.97 Å². The molecular formula is C12H9NO4. The van der Waals surface area contributed by atoms with Crippen molar-refractivity contribution in [3.8, 4) is 17.1 Å². The summed E-state index contributed by atoms with van der Waals surface area (Å²) in [6, 6.07) is 5.48. The van der Waals surface area contributed by atoms with Crippen LogP contribution in [0, 0.1) is 0 Å². The predicted octanol–water partition coefficient (Wildman–Crippen LogP) is 1.97. The van der Waals surface area contributed by atoms with E-state index in [1.54, 1.807) is 6.07 Å². The third-order valence-electron chi connectivity index (χ3n) is 2.75. The van der Waals surface area contributed by atoms with Crippen molar-refractivity contribution in [3.05, 3.63) is 35.5 Å². The molecule has 0 unspecified atom stereocenters. The highest BCUT2D eigenvalue weighted by molar-refractivity contribution is 5.94. The molecule has 5 nitrogen and oxygen atoms in total. The predicted molar refractivity (Wildman–Crippen MR) is 58.1 cm³/mol. The van der Waals surface area contributed by atoms with Gasteiger partial charge in [0.05, 0.1) is 12.8 Å². The molecule has 0 atom stereocenters. The van der Waals surface area contributed by atoms with Gasteiger partial charge in [0, 0.05) is 12.0 Å². The van der Waals surface area contributed by atoms with Crippen LogP contribution in [-0.4, -0.2) is 22.8 Å². The van der Waals surface area contributed by atoms with Gasteiger partial charge in [-0.15, -0.1) is 0 Å². The number of rotatable bonds is 2. The lowest BCUT2D eigenvalue weighted by molar-refractivity contribution is 0.0697. The van der Waals surface area contributed by atoms with E-state index in [2.05, 4.69) is 5.16 Å². The molecule has 1 aromatic carbocycles. The summed E-state index contributed by atoms with van der Waals surface area (Å²) in [6.45, 7) is 0.668. The maximum atomic E-state index is 11.0. The first-order valence-electron chi connectivity index (χ1n) is 5.20. The zero-order chi connectivity index (χ0) is 11.8. The van der Waals surface area contributed by atoms with Gasteiger partial charge in [-0.05, 0) is 23.8 Å². The van der Waals surface area contributed by atoms with Crippen LogP contribution in [0.4, 0.5) is 0 Å². The first-order valence-corrected chi connectivity index (χ1v) is 5.20. The number of carboxylic acid groups (broad SMARTS) is 1. The van der Waals surface area contributed by atoms with Gasteiger partial charge < -0.3 is 14.4 Å². The Morgan fingerprint density at radius 2 is 2.29 bits per heavy atom. The van der Waals surface area contributed by atoms with E-state index >= 15 is 0 Å². The van der Waals surface area contributed by atoms with Crippen molar-refractivity contribution in [2.45, 2.75) is 6.42 Å². The average molecular weight is 231 g/mol. The molecule has 0 saturated heterocycles. The van der Waals surface area contributed by atoms with Crippen LogP contribution >= 0.6 is 0 Å². The van der Waals surface area contributed by atoms with E-state index in [1.807, 2.05) is 12.1 Å². The van der Waals surface area contributed by atoms with Crippen molar-refractivity contribution in [3.63, 3.8) is 0 Å². The Balaban J connectivity index is 2.09. The van der Waals surface area contributed by atoms with Crippen LogP contribution < -0.4 is 4.74 Å². The summed E-state index contributed by atoms with van der Waals surface area (Å²) in [6.07, 6.45) is 2.04. The summed E-state index contributed by atoms with van der Waals surface area (Å²) in [4.78, 5) is 11.0. The molecule has 0 aliphatic carbocycles. The molecule has 0 spiro atoms. The molecule has 17 heavy (non-hydrogen) atoms. The zero-order valence-corrected chi connectivity index (χ0v) is 8.84. The van der Waals surface area contributed by atoms with E-state index in [0.29, 0.717) is 12.2 Å². The summed E-state index contributed by atoms with van der Waals surface area (Å²) in [5.74, 6) is 0.0929. The quantitative estimate of drug-likeness (QED) is 0.855. The number of fused-ring (bicyclic) bond motifs is 1. The van der Waals surface area contributed by atoms with Crippen LogP contribution in [0.25, 0.3) is 11.3 Å². The Hall–Kier alpha value is -2.30. The fourth-order valence-corrected chi connectivity index (χ4v) is 1.93. The van der Waals surface area contributed by atoms with Crippen molar-refractivity contribution >= 4 is 5.97 Å². The minimum absolute atomic E-state index is 0.0730. The smallest absolute Gasteiger partial charge is 0.341 e. The Bertz CT molecular complexity index is 588.